The number of rotatable bonds is 2. The summed E-state index contributed by atoms with van der Waals surface area (Å²) in [5, 5.41) is 10.2. The number of hydrogen-bond acceptors (Lipinski definition) is 5. The van der Waals surface area contributed by atoms with Gasteiger partial charge in [0, 0.05) is 20.6 Å². The van der Waals surface area contributed by atoms with Crippen molar-refractivity contribution in [3.05, 3.63) is 28.0 Å². The molecule has 1 unspecified atom stereocenters. The molecular weight excluding hydrogens is 330 g/mol. The zero-order chi connectivity index (χ0) is 13.6. The van der Waals surface area contributed by atoms with Gasteiger partial charge in [-0.3, -0.25) is 9.89 Å². The number of aryl methyl sites for hydroxylation is 1. The smallest absolute Gasteiger partial charge is 0.245 e. The van der Waals surface area contributed by atoms with Gasteiger partial charge in [0.1, 0.15) is 11.9 Å². The maximum absolute atomic E-state index is 11.5. The SMILES string of the molecule is Cc1nc(Sc2cc3c(cc2Br)C(N)C(=O)N3)n[nH]1. The van der Waals surface area contributed by atoms with Gasteiger partial charge in [0.25, 0.3) is 0 Å². The highest BCUT2D eigenvalue weighted by molar-refractivity contribution is 9.10. The lowest BCUT2D eigenvalue weighted by molar-refractivity contribution is -0.116. The van der Waals surface area contributed by atoms with Crippen LogP contribution in [-0.4, -0.2) is 21.1 Å². The van der Waals surface area contributed by atoms with Gasteiger partial charge in [-0.15, -0.1) is 5.10 Å². The molecule has 19 heavy (non-hydrogen) atoms. The fraction of sp³-hybridized carbons (Fsp3) is 0.182. The molecule has 8 heteroatoms. The zero-order valence-corrected chi connectivity index (χ0v) is 12.3. The number of carbonyl (C=O) groups is 1. The highest BCUT2D eigenvalue weighted by Crippen LogP contribution is 2.39. The Morgan fingerprint density at radius 1 is 1.47 bits per heavy atom. The number of aromatic amines is 1. The van der Waals surface area contributed by atoms with Gasteiger partial charge < -0.3 is 11.1 Å². The molecule has 0 radical (unpaired) electrons. The molecule has 0 aliphatic carbocycles. The molecular formula is C11H10BrN5OS. The second kappa shape index (κ2) is 4.62. The predicted molar refractivity (Wildman–Crippen MR) is 74.9 cm³/mol. The molecule has 2 aromatic rings. The summed E-state index contributed by atoms with van der Waals surface area (Å²) in [5.41, 5.74) is 7.34. The first-order valence-corrected chi connectivity index (χ1v) is 7.12. The number of benzene rings is 1. The van der Waals surface area contributed by atoms with Gasteiger partial charge in [-0.1, -0.05) is 0 Å². The molecule has 0 fully saturated rings. The minimum Gasteiger partial charge on any atom is -0.324 e. The Hall–Kier alpha value is -1.38. The fourth-order valence-electron chi connectivity index (χ4n) is 1.83. The third-order valence-corrected chi connectivity index (χ3v) is 4.60. The standard InChI is InChI=1S/C11H10BrN5OS/c1-4-14-11(17-16-4)19-8-3-7-5(2-6(8)12)9(13)10(18)15-7/h2-3,9H,13H2,1H3,(H,15,18)(H,14,16,17). The van der Waals surface area contributed by atoms with Crippen LogP contribution < -0.4 is 11.1 Å². The second-order valence-corrected chi connectivity index (χ2v) is 6.01. The van der Waals surface area contributed by atoms with E-state index in [1.165, 1.54) is 11.8 Å². The molecule has 1 amide bonds. The van der Waals surface area contributed by atoms with E-state index >= 15 is 0 Å². The van der Waals surface area contributed by atoms with Gasteiger partial charge >= 0.3 is 0 Å². The van der Waals surface area contributed by atoms with Crippen LogP contribution in [0.25, 0.3) is 0 Å². The van der Waals surface area contributed by atoms with Crippen molar-refractivity contribution in [1.29, 1.82) is 0 Å². The summed E-state index contributed by atoms with van der Waals surface area (Å²) in [4.78, 5) is 16.7. The van der Waals surface area contributed by atoms with E-state index in [4.69, 9.17) is 5.73 Å². The van der Waals surface area contributed by atoms with Crippen LogP contribution in [0.5, 0.6) is 0 Å². The van der Waals surface area contributed by atoms with E-state index in [2.05, 4.69) is 36.4 Å². The molecule has 4 N–H and O–H groups in total. The van der Waals surface area contributed by atoms with Crippen LogP contribution in [-0.2, 0) is 4.79 Å². The number of aromatic nitrogens is 3. The lowest BCUT2D eigenvalue weighted by atomic mass is 10.1. The lowest BCUT2D eigenvalue weighted by Gasteiger charge is -2.06. The molecule has 1 aromatic carbocycles. The molecule has 0 saturated heterocycles. The van der Waals surface area contributed by atoms with E-state index in [1.807, 2.05) is 19.1 Å². The molecule has 0 spiro atoms. The molecule has 1 aliphatic heterocycles. The number of hydrogen-bond donors (Lipinski definition) is 3. The van der Waals surface area contributed by atoms with Crippen LogP contribution in [0.4, 0.5) is 5.69 Å². The summed E-state index contributed by atoms with van der Waals surface area (Å²) >= 11 is 4.89. The van der Waals surface area contributed by atoms with E-state index in [0.717, 1.165) is 26.4 Å². The van der Waals surface area contributed by atoms with Crippen molar-refractivity contribution < 1.29 is 4.79 Å². The summed E-state index contributed by atoms with van der Waals surface area (Å²) in [7, 11) is 0. The first kappa shape index (κ1) is 12.6. The Labute approximate surface area is 121 Å². The maximum Gasteiger partial charge on any atom is 0.245 e. The van der Waals surface area contributed by atoms with Gasteiger partial charge in [-0.05, 0) is 46.7 Å². The molecule has 2 heterocycles. The van der Waals surface area contributed by atoms with Crippen molar-refractivity contribution in [1.82, 2.24) is 15.2 Å². The highest BCUT2D eigenvalue weighted by Gasteiger charge is 2.28. The predicted octanol–water partition coefficient (Wildman–Crippen LogP) is 1.98. The van der Waals surface area contributed by atoms with Gasteiger partial charge in [0.05, 0.1) is 0 Å². The Bertz CT molecular complexity index is 671. The van der Waals surface area contributed by atoms with E-state index in [9.17, 15) is 4.79 Å². The largest absolute Gasteiger partial charge is 0.324 e. The van der Waals surface area contributed by atoms with Crippen molar-refractivity contribution in [3.8, 4) is 0 Å². The van der Waals surface area contributed by atoms with Crippen LogP contribution >= 0.6 is 27.7 Å². The molecule has 3 rings (SSSR count). The van der Waals surface area contributed by atoms with Crippen LogP contribution in [0.3, 0.4) is 0 Å². The van der Waals surface area contributed by atoms with Gasteiger partial charge in [0.2, 0.25) is 11.1 Å². The molecule has 1 atom stereocenters. The first-order chi connectivity index (χ1) is 9.04. The van der Waals surface area contributed by atoms with Crippen molar-refractivity contribution in [3.63, 3.8) is 0 Å². The van der Waals surface area contributed by atoms with Crippen molar-refractivity contribution in [2.75, 3.05) is 5.32 Å². The number of nitrogens with zero attached hydrogens (tertiary/aromatic N) is 2. The Kier molecular flexibility index (Phi) is 3.08. The molecule has 1 aromatic heterocycles. The minimum absolute atomic E-state index is 0.183. The minimum atomic E-state index is -0.601. The number of fused-ring (bicyclic) bond motifs is 1. The third-order valence-electron chi connectivity index (χ3n) is 2.76. The Morgan fingerprint density at radius 3 is 2.95 bits per heavy atom. The number of nitrogens with one attached hydrogen (secondary N) is 2. The van der Waals surface area contributed by atoms with Crippen LogP contribution in [0.15, 0.2) is 26.7 Å². The summed E-state index contributed by atoms with van der Waals surface area (Å²) in [5.74, 6) is 0.577. The summed E-state index contributed by atoms with van der Waals surface area (Å²) in [6.45, 7) is 1.84. The zero-order valence-electron chi connectivity index (χ0n) is 9.90. The molecule has 6 nitrogen and oxygen atoms in total. The van der Waals surface area contributed by atoms with Crippen LogP contribution in [0.1, 0.15) is 17.4 Å². The van der Waals surface area contributed by atoms with E-state index < -0.39 is 6.04 Å². The first-order valence-electron chi connectivity index (χ1n) is 5.51. The lowest BCUT2D eigenvalue weighted by Crippen LogP contribution is -2.19. The summed E-state index contributed by atoms with van der Waals surface area (Å²) < 4.78 is 0.866. The molecule has 98 valence electrons. The summed E-state index contributed by atoms with van der Waals surface area (Å²) in [6, 6.07) is 3.14. The van der Waals surface area contributed by atoms with E-state index in [0.29, 0.717) is 5.16 Å². The van der Waals surface area contributed by atoms with Gasteiger partial charge in [0.15, 0.2) is 0 Å². The van der Waals surface area contributed by atoms with Gasteiger partial charge in [-0.25, -0.2) is 4.98 Å². The Morgan fingerprint density at radius 2 is 2.26 bits per heavy atom. The monoisotopic (exact) mass is 339 g/mol. The number of amides is 1. The average Bonchev–Trinajstić information content (AvgIpc) is 2.87. The fourth-order valence-corrected chi connectivity index (χ4v) is 3.24. The van der Waals surface area contributed by atoms with Gasteiger partial charge in [-0.2, -0.15) is 0 Å². The topological polar surface area (TPSA) is 96.7 Å². The maximum atomic E-state index is 11.5. The number of H-pyrrole nitrogens is 1. The quantitative estimate of drug-likeness (QED) is 0.777. The number of carbonyl (C=O) groups excluding carboxylic acids is 1. The molecule has 1 aliphatic rings. The van der Waals surface area contributed by atoms with Crippen LogP contribution in [0, 0.1) is 6.92 Å². The normalized spacial score (nSPS) is 17.4. The number of nitrogens with two attached hydrogens (primary N) is 1. The Balaban J connectivity index is 1.96. The van der Waals surface area contributed by atoms with E-state index in [-0.39, 0.29) is 5.91 Å². The van der Waals surface area contributed by atoms with E-state index in [1.54, 1.807) is 0 Å². The molecule has 0 bridgehead atoms. The van der Waals surface area contributed by atoms with Crippen LogP contribution in [0.2, 0.25) is 0 Å². The molecule has 0 saturated carbocycles. The second-order valence-electron chi connectivity index (χ2n) is 4.14. The average molecular weight is 340 g/mol. The van der Waals surface area contributed by atoms with Crippen molar-refractivity contribution >= 4 is 39.3 Å². The number of anilines is 1. The summed E-state index contributed by atoms with van der Waals surface area (Å²) in [6.07, 6.45) is 0. The number of halogens is 1. The van der Waals surface area contributed by atoms with Crippen molar-refractivity contribution in [2.45, 2.75) is 23.0 Å². The van der Waals surface area contributed by atoms with Crippen molar-refractivity contribution in [2.24, 2.45) is 5.73 Å². The third kappa shape index (κ3) is 2.26. The highest BCUT2D eigenvalue weighted by atomic mass is 79.9.